The molecule has 0 aliphatic heterocycles. The average Bonchev–Trinajstić information content (AvgIpc) is 2.41. The van der Waals surface area contributed by atoms with Crippen molar-refractivity contribution < 1.29 is 13.2 Å². The van der Waals surface area contributed by atoms with Crippen LogP contribution in [0.25, 0.3) is 0 Å². The zero-order chi connectivity index (χ0) is 15.6. The van der Waals surface area contributed by atoms with Crippen molar-refractivity contribution in [1.29, 1.82) is 0 Å². The molecule has 5 N–H and O–H groups in total. The van der Waals surface area contributed by atoms with Gasteiger partial charge in [0.1, 0.15) is 0 Å². The van der Waals surface area contributed by atoms with Gasteiger partial charge in [-0.05, 0) is 46.3 Å². The molecule has 2 aromatic rings. The van der Waals surface area contributed by atoms with Gasteiger partial charge in [-0.15, -0.1) is 0 Å². The molecule has 2 aromatic carbocycles. The molecule has 0 aromatic heterocycles. The Morgan fingerprint density at radius 1 is 1.14 bits per heavy atom. The lowest BCUT2D eigenvalue weighted by molar-refractivity contribution is 0.100. The largest absolute Gasteiger partial charge is 0.398 e. The zero-order valence-corrected chi connectivity index (χ0v) is 13.1. The van der Waals surface area contributed by atoms with E-state index in [1.54, 1.807) is 12.1 Å². The summed E-state index contributed by atoms with van der Waals surface area (Å²) in [6.45, 7) is 0. The van der Waals surface area contributed by atoms with E-state index in [1.165, 1.54) is 30.3 Å². The summed E-state index contributed by atoms with van der Waals surface area (Å²) in [7, 11) is -3.85. The van der Waals surface area contributed by atoms with Crippen LogP contribution in [-0.4, -0.2) is 14.3 Å². The molecule has 6 nitrogen and oxygen atoms in total. The highest BCUT2D eigenvalue weighted by Gasteiger charge is 2.18. The number of carbonyl (C=O) groups is 1. The van der Waals surface area contributed by atoms with Crippen LogP contribution in [0.1, 0.15) is 10.4 Å². The molecule has 0 aliphatic rings. The molecule has 0 atom stereocenters. The molecular formula is C13H12BrN3O3S. The Hall–Kier alpha value is -2.06. The van der Waals surface area contributed by atoms with Crippen LogP contribution in [0.15, 0.2) is 51.8 Å². The van der Waals surface area contributed by atoms with E-state index < -0.39 is 15.9 Å². The van der Waals surface area contributed by atoms with Crippen LogP contribution < -0.4 is 16.2 Å². The van der Waals surface area contributed by atoms with E-state index in [-0.39, 0.29) is 16.1 Å². The maximum absolute atomic E-state index is 12.3. The van der Waals surface area contributed by atoms with Crippen molar-refractivity contribution in [2.24, 2.45) is 5.73 Å². The molecule has 2 rings (SSSR count). The Morgan fingerprint density at radius 3 is 2.43 bits per heavy atom. The second kappa shape index (κ2) is 5.74. The summed E-state index contributed by atoms with van der Waals surface area (Å²) in [5.74, 6) is -0.716. The number of nitrogens with two attached hydrogens (primary N) is 2. The van der Waals surface area contributed by atoms with Gasteiger partial charge in [0.2, 0.25) is 0 Å². The van der Waals surface area contributed by atoms with Crippen molar-refractivity contribution in [1.82, 2.24) is 0 Å². The van der Waals surface area contributed by atoms with Gasteiger partial charge in [-0.2, -0.15) is 0 Å². The molecule has 0 aliphatic carbocycles. The van der Waals surface area contributed by atoms with Gasteiger partial charge in [-0.25, -0.2) is 8.42 Å². The lowest BCUT2D eigenvalue weighted by atomic mass is 10.2. The first-order chi connectivity index (χ1) is 9.81. The summed E-state index contributed by atoms with van der Waals surface area (Å²) >= 11 is 3.17. The Bertz CT molecular complexity index is 806. The minimum atomic E-state index is -3.85. The number of hydrogen-bond donors (Lipinski definition) is 3. The molecule has 0 unspecified atom stereocenters. The molecule has 8 heteroatoms. The fourth-order valence-corrected chi connectivity index (χ4v) is 3.30. The first-order valence-corrected chi connectivity index (χ1v) is 8.05. The van der Waals surface area contributed by atoms with Gasteiger partial charge in [0.25, 0.3) is 15.9 Å². The monoisotopic (exact) mass is 369 g/mol. The summed E-state index contributed by atoms with van der Waals surface area (Å²) in [6, 6.07) is 10.3. The highest BCUT2D eigenvalue weighted by atomic mass is 79.9. The van der Waals surface area contributed by atoms with Gasteiger partial charge >= 0.3 is 0 Å². The van der Waals surface area contributed by atoms with Crippen LogP contribution >= 0.6 is 15.9 Å². The van der Waals surface area contributed by atoms with Crippen LogP contribution in [0.5, 0.6) is 0 Å². The predicted octanol–water partition coefficient (Wildman–Crippen LogP) is 1.93. The van der Waals surface area contributed by atoms with E-state index in [9.17, 15) is 13.2 Å². The van der Waals surface area contributed by atoms with E-state index in [1.807, 2.05) is 0 Å². The molecule has 1 amide bonds. The van der Waals surface area contributed by atoms with E-state index in [2.05, 4.69) is 20.7 Å². The first kappa shape index (κ1) is 15.3. The fourth-order valence-electron chi connectivity index (χ4n) is 1.67. The van der Waals surface area contributed by atoms with Gasteiger partial charge in [0.15, 0.2) is 0 Å². The number of para-hydroxylation sites is 1. The number of amides is 1. The number of benzene rings is 2. The van der Waals surface area contributed by atoms with Crippen LogP contribution in [0.2, 0.25) is 0 Å². The molecule has 110 valence electrons. The van der Waals surface area contributed by atoms with Gasteiger partial charge in [-0.3, -0.25) is 9.52 Å². The molecule has 0 saturated carbocycles. The SMILES string of the molecule is NC(=O)c1ccccc1NS(=O)(=O)c1ccc(N)c(Br)c1. The molecule has 0 heterocycles. The number of halogens is 1. The Labute approximate surface area is 130 Å². The number of nitrogen functional groups attached to an aromatic ring is 1. The van der Waals surface area contributed by atoms with E-state index in [0.29, 0.717) is 10.2 Å². The van der Waals surface area contributed by atoms with Crippen LogP contribution in [0.4, 0.5) is 11.4 Å². The van der Waals surface area contributed by atoms with Crippen molar-refractivity contribution in [3.63, 3.8) is 0 Å². The lowest BCUT2D eigenvalue weighted by Crippen LogP contribution is -2.18. The van der Waals surface area contributed by atoms with Crippen molar-refractivity contribution in [3.8, 4) is 0 Å². The number of carbonyl (C=O) groups excluding carboxylic acids is 1. The number of rotatable bonds is 4. The normalized spacial score (nSPS) is 11.1. The quantitative estimate of drug-likeness (QED) is 0.713. The maximum Gasteiger partial charge on any atom is 0.261 e. The highest BCUT2D eigenvalue weighted by Crippen LogP contribution is 2.25. The number of sulfonamides is 1. The minimum Gasteiger partial charge on any atom is -0.398 e. The minimum absolute atomic E-state index is 0.0165. The third kappa shape index (κ3) is 3.34. The number of hydrogen-bond acceptors (Lipinski definition) is 4. The third-order valence-corrected chi connectivity index (χ3v) is 4.77. The van der Waals surface area contributed by atoms with Crippen LogP contribution in [0, 0.1) is 0 Å². The Balaban J connectivity index is 2.42. The summed E-state index contributed by atoms with van der Waals surface area (Å²) in [6.07, 6.45) is 0. The van der Waals surface area contributed by atoms with Crippen molar-refractivity contribution in [2.45, 2.75) is 4.90 Å². The smallest absolute Gasteiger partial charge is 0.261 e. The summed E-state index contributed by atoms with van der Waals surface area (Å²) in [5.41, 5.74) is 11.5. The number of anilines is 2. The summed E-state index contributed by atoms with van der Waals surface area (Å²) in [4.78, 5) is 11.3. The Kier molecular flexibility index (Phi) is 4.19. The van der Waals surface area contributed by atoms with Crippen LogP contribution in [0.3, 0.4) is 0 Å². The molecule has 0 bridgehead atoms. The van der Waals surface area contributed by atoms with Gasteiger partial charge in [0.05, 0.1) is 16.1 Å². The topological polar surface area (TPSA) is 115 Å². The second-order valence-corrected chi connectivity index (χ2v) is 6.74. The maximum atomic E-state index is 12.3. The molecule has 0 spiro atoms. The predicted molar refractivity (Wildman–Crippen MR) is 84.3 cm³/mol. The standard InChI is InChI=1S/C13H12BrN3O3S/c14-10-7-8(5-6-11(10)15)21(19,20)17-12-4-2-1-3-9(12)13(16)18/h1-7,17H,15H2,(H2,16,18). The molecular weight excluding hydrogens is 358 g/mol. The third-order valence-electron chi connectivity index (χ3n) is 2.72. The second-order valence-electron chi connectivity index (χ2n) is 4.20. The van der Waals surface area contributed by atoms with Crippen molar-refractivity contribution in [3.05, 3.63) is 52.5 Å². The van der Waals surface area contributed by atoms with Gasteiger partial charge in [0, 0.05) is 10.2 Å². The van der Waals surface area contributed by atoms with Gasteiger partial charge in [-0.1, -0.05) is 12.1 Å². The fraction of sp³-hybridized carbons (Fsp3) is 0. The molecule has 0 saturated heterocycles. The average molecular weight is 370 g/mol. The van der Waals surface area contributed by atoms with Crippen molar-refractivity contribution in [2.75, 3.05) is 10.5 Å². The molecule has 0 radical (unpaired) electrons. The van der Waals surface area contributed by atoms with E-state index in [4.69, 9.17) is 11.5 Å². The number of nitrogens with one attached hydrogen (secondary N) is 1. The number of primary amides is 1. The zero-order valence-electron chi connectivity index (χ0n) is 10.7. The summed E-state index contributed by atoms with van der Waals surface area (Å²) < 4.78 is 27.4. The van der Waals surface area contributed by atoms with Crippen LogP contribution in [-0.2, 0) is 10.0 Å². The highest BCUT2D eigenvalue weighted by molar-refractivity contribution is 9.10. The van der Waals surface area contributed by atoms with E-state index in [0.717, 1.165) is 0 Å². The van der Waals surface area contributed by atoms with Crippen molar-refractivity contribution >= 4 is 43.2 Å². The lowest BCUT2D eigenvalue weighted by Gasteiger charge is -2.11. The van der Waals surface area contributed by atoms with Gasteiger partial charge < -0.3 is 11.5 Å². The molecule has 21 heavy (non-hydrogen) atoms. The first-order valence-electron chi connectivity index (χ1n) is 5.78. The molecule has 0 fully saturated rings. The Morgan fingerprint density at radius 2 is 1.81 bits per heavy atom. The summed E-state index contributed by atoms with van der Waals surface area (Å²) in [5, 5.41) is 0. The van der Waals surface area contributed by atoms with E-state index >= 15 is 0 Å².